The molecule has 1 aliphatic heterocycles. The van der Waals surface area contributed by atoms with Crippen LogP contribution >= 0.6 is 0 Å². The fourth-order valence-electron chi connectivity index (χ4n) is 4.58. The van der Waals surface area contributed by atoms with Crippen LogP contribution in [0.15, 0.2) is 16.7 Å². The summed E-state index contributed by atoms with van der Waals surface area (Å²) in [5.41, 5.74) is 2.18. The second-order valence-corrected chi connectivity index (χ2v) is 8.25. The molecule has 2 aromatic rings. The summed E-state index contributed by atoms with van der Waals surface area (Å²) in [6.45, 7) is 0.998. The van der Waals surface area contributed by atoms with Gasteiger partial charge in [-0.2, -0.15) is 4.98 Å². The molecule has 0 unspecified atom stereocenters. The minimum atomic E-state index is -0.742. The van der Waals surface area contributed by atoms with Gasteiger partial charge in [0.2, 0.25) is 5.89 Å². The Balaban J connectivity index is 1.31. The Bertz CT molecular complexity index is 827. The maximum atomic E-state index is 11.2. The molecule has 0 amide bonds. The van der Waals surface area contributed by atoms with E-state index >= 15 is 0 Å². The Kier molecular flexibility index (Phi) is 5.59. The lowest BCUT2D eigenvalue weighted by molar-refractivity contribution is -0.139. The zero-order valence-corrected chi connectivity index (χ0v) is 16.2. The summed E-state index contributed by atoms with van der Waals surface area (Å²) in [6, 6.07) is 4.29. The molecule has 0 bridgehead atoms. The molecule has 1 fully saturated rings. The van der Waals surface area contributed by atoms with Crippen molar-refractivity contribution in [2.24, 2.45) is 5.41 Å². The van der Waals surface area contributed by atoms with Crippen LogP contribution in [0.2, 0.25) is 0 Å². The number of aliphatic carboxylic acids is 1. The fraction of sp³-hybridized carbons (Fsp3) is 0.619. The van der Waals surface area contributed by atoms with Gasteiger partial charge in [-0.1, -0.05) is 24.1 Å². The topological polar surface area (TPSA) is 101 Å². The van der Waals surface area contributed by atoms with Crippen LogP contribution in [0.5, 0.6) is 0 Å². The monoisotopic (exact) mass is 384 g/mol. The molecular weight excluding hydrogens is 356 g/mol. The van der Waals surface area contributed by atoms with Crippen molar-refractivity contribution >= 4 is 11.8 Å². The molecule has 0 saturated heterocycles. The van der Waals surface area contributed by atoms with Crippen molar-refractivity contribution in [3.05, 3.63) is 35.1 Å². The van der Waals surface area contributed by atoms with Gasteiger partial charge in [-0.05, 0) is 55.6 Å². The molecule has 150 valence electrons. The average Bonchev–Trinajstić information content (AvgIpc) is 3.31. The quantitative estimate of drug-likeness (QED) is 0.717. The van der Waals surface area contributed by atoms with E-state index in [0.717, 1.165) is 69.4 Å². The van der Waals surface area contributed by atoms with Crippen LogP contribution in [0.3, 0.4) is 0 Å². The zero-order valence-electron chi connectivity index (χ0n) is 16.2. The summed E-state index contributed by atoms with van der Waals surface area (Å²) in [5.74, 6) is 1.57. The van der Waals surface area contributed by atoms with Gasteiger partial charge in [-0.15, -0.1) is 0 Å². The van der Waals surface area contributed by atoms with Crippen molar-refractivity contribution in [2.75, 3.05) is 11.9 Å². The molecule has 2 aliphatic rings. The lowest BCUT2D eigenvalue weighted by Crippen LogP contribution is -2.24. The summed E-state index contributed by atoms with van der Waals surface area (Å²) in [6.07, 6.45) is 9.56. The van der Waals surface area contributed by atoms with Gasteiger partial charge in [-0.25, -0.2) is 4.98 Å². The van der Waals surface area contributed by atoms with Gasteiger partial charge in [0, 0.05) is 25.1 Å². The number of nitrogens with one attached hydrogen (secondary N) is 1. The lowest BCUT2D eigenvalue weighted by atomic mass is 9.79. The van der Waals surface area contributed by atoms with Gasteiger partial charge < -0.3 is 14.9 Å². The van der Waals surface area contributed by atoms with Crippen LogP contribution in [0.25, 0.3) is 0 Å². The molecule has 1 aliphatic carbocycles. The average molecular weight is 384 g/mol. The number of aryl methyl sites for hydroxylation is 3. The Morgan fingerprint density at radius 2 is 2.04 bits per heavy atom. The van der Waals surface area contributed by atoms with E-state index in [1.807, 2.05) is 0 Å². The number of carbonyl (C=O) groups is 1. The van der Waals surface area contributed by atoms with E-state index in [9.17, 15) is 9.90 Å². The molecule has 7 heteroatoms. The first-order chi connectivity index (χ1) is 13.6. The van der Waals surface area contributed by atoms with Crippen LogP contribution < -0.4 is 5.32 Å². The predicted octanol–water partition coefficient (Wildman–Crippen LogP) is 3.58. The standard InChI is InChI=1S/C21H28N4O3/c26-19(27)14-21(10-1-2-11-21)13-18-24-17(25-28-18)7-3-6-16-9-8-15-5-4-12-22-20(15)23-16/h8-9H,1-7,10-14H2,(H,22,23)(H,26,27). The number of pyridine rings is 1. The maximum absolute atomic E-state index is 11.2. The van der Waals surface area contributed by atoms with E-state index in [4.69, 9.17) is 9.51 Å². The largest absolute Gasteiger partial charge is 0.481 e. The minimum Gasteiger partial charge on any atom is -0.481 e. The minimum absolute atomic E-state index is 0.183. The molecule has 1 saturated carbocycles. The van der Waals surface area contributed by atoms with Crippen molar-refractivity contribution in [3.63, 3.8) is 0 Å². The Morgan fingerprint density at radius 3 is 2.86 bits per heavy atom. The van der Waals surface area contributed by atoms with Crippen molar-refractivity contribution in [1.82, 2.24) is 15.1 Å². The normalized spacial score (nSPS) is 17.9. The Labute approximate surface area is 164 Å². The van der Waals surface area contributed by atoms with E-state index in [0.29, 0.717) is 18.1 Å². The summed E-state index contributed by atoms with van der Waals surface area (Å²) >= 11 is 0. The summed E-state index contributed by atoms with van der Waals surface area (Å²) in [5, 5.41) is 16.7. The molecule has 0 spiro atoms. The molecule has 0 radical (unpaired) electrons. The van der Waals surface area contributed by atoms with Crippen LogP contribution in [-0.4, -0.2) is 32.7 Å². The third-order valence-corrected chi connectivity index (χ3v) is 6.01. The van der Waals surface area contributed by atoms with Gasteiger partial charge in [0.05, 0.1) is 6.42 Å². The molecule has 2 aromatic heterocycles. The van der Waals surface area contributed by atoms with E-state index in [1.54, 1.807) is 0 Å². The molecule has 0 atom stereocenters. The molecule has 2 N–H and O–H groups in total. The first-order valence-corrected chi connectivity index (χ1v) is 10.4. The molecular formula is C21H28N4O3. The van der Waals surface area contributed by atoms with Gasteiger partial charge >= 0.3 is 5.97 Å². The van der Waals surface area contributed by atoms with Crippen molar-refractivity contribution in [3.8, 4) is 0 Å². The van der Waals surface area contributed by atoms with Crippen LogP contribution in [-0.2, 0) is 30.5 Å². The first-order valence-electron chi connectivity index (χ1n) is 10.4. The van der Waals surface area contributed by atoms with Crippen LogP contribution in [0.4, 0.5) is 5.82 Å². The SMILES string of the molecule is O=C(O)CC1(Cc2nc(CCCc3ccc4c(n3)NCCC4)no2)CCCC1. The molecule has 28 heavy (non-hydrogen) atoms. The number of hydrogen-bond donors (Lipinski definition) is 2. The fourth-order valence-corrected chi connectivity index (χ4v) is 4.58. The van der Waals surface area contributed by atoms with Crippen molar-refractivity contribution in [1.29, 1.82) is 0 Å². The van der Waals surface area contributed by atoms with Crippen LogP contribution in [0.1, 0.15) is 67.9 Å². The lowest BCUT2D eigenvalue weighted by Gasteiger charge is -2.24. The number of carboxylic acid groups (broad SMARTS) is 1. The van der Waals surface area contributed by atoms with E-state index in [1.165, 1.54) is 12.0 Å². The third-order valence-electron chi connectivity index (χ3n) is 6.01. The van der Waals surface area contributed by atoms with Gasteiger partial charge in [0.1, 0.15) is 5.82 Å². The highest BCUT2D eigenvalue weighted by atomic mass is 16.5. The van der Waals surface area contributed by atoms with E-state index in [2.05, 4.69) is 27.6 Å². The van der Waals surface area contributed by atoms with E-state index in [-0.39, 0.29) is 11.8 Å². The molecule has 3 heterocycles. The summed E-state index contributed by atoms with van der Waals surface area (Å²) < 4.78 is 5.43. The highest BCUT2D eigenvalue weighted by Crippen LogP contribution is 2.43. The maximum Gasteiger partial charge on any atom is 0.303 e. The number of fused-ring (bicyclic) bond motifs is 1. The Hall–Kier alpha value is -2.44. The van der Waals surface area contributed by atoms with Gasteiger partial charge in [-0.3, -0.25) is 4.79 Å². The number of hydrogen-bond acceptors (Lipinski definition) is 6. The summed E-state index contributed by atoms with van der Waals surface area (Å²) in [7, 11) is 0. The van der Waals surface area contributed by atoms with Gasteiger partial charge in [0.25, 0.3) is 0 Å². The summed E-state index contributed by atoms with van der Waals surface area (Å²) in [4.78, 5) is 20.5. The molecule has 7 nitrogen and oxygen atoms in total. The zero-order chi connectivity index (χ0) is 19.4. The van der Waals surface area contributed by atoms with Gasteiger partial charge in [0.15, 0.2) is 5.82 Å². The second kappa shape index (κ2) is 8.29. The highest BCUT2D eigenvalue weighted by Gasteiger charge is 2.37. The third kappa shape index (κ3) is 4.51. The van der Waals surface area contributed by atoms with Crippen molar-refractivity contribution < 1.29 is 14.4 Å². The Morgan fingerprint density at radius 1 is 1.18 bits per heavy atom. The second-order valence-electron chi connectivity index (χ2n) is 8.25. The number of carboxylic acids is 1. The first kappa shape index (κ1) is 18.9. The number of anilines is 1. The molecule has 4 rings (SSSR count). The number of aromatic nitrogens is 3. The smallest absolute Gasteiger partial charge is 0.303 e. The van der Waals surface area contributed by atoms with Crippen molar-refractivity contribution in [2.45, 2.75) is 70.6 Å². The van der Waals surface area contributed by atoms with Crippen LogP contribution in [0, 0.1) is 5.41 Å². The number of rotatable bonds is 8. The van der Waals surface area contributed by atoms with E-state index < -0.39 is 5.97 Å². The molecule has 0 aromatic carbocycles. The predicted molar refractivity (Wildman–Crippen MR) is 104 cm³/mol. The number of nitrogens with zero attached hydrogens (tertiary/aromatic N) is 3. The highest BCUT2D eigenvalue weighted by molar-refractivity contribution is 5.67.